The molecule has 1 aromatic carbocycles. The van der Waals surface area contributed by atoms with Gasteiger partial charge in [-0.3, -0.25) is 4.79 Å². The smallest absolute Gasteiger partial charge is 0.317 e. The summed E-state index contributed by atoms with van der Waals surface area (Å²) in [5, 5.41) is 8.09. The average Bonchev–Trinajstić information content (AvgIpc) is 3.16. The molecule has 2 aromatic rings. The molecule has 3 rings (SSSR count). The second kappa shape index (κ2) is 8.67. The van der Waals surface area contributed by atoms with Gasteiger partial charge in [-0.05, 0) is 42.8 Å². The monoisotopic (exact) mass is 357 g/mol. The van der Waals surface area contributed by atoms with Crippen molar-refractivity contribution in [1.29, 1.82) is 0 Å². The van der Waals surface area contributed by atoms with E-state index in [-0.39, 0.29) is 18.0 Å². The Labute approximate surface area is 152 Å². The summed E-state index contributed by atoms with van der Waals surface area (Å²) in [5.74, 6) is -0.0422. The van der Waals surface area contributed by atoms with Gasteiger partial charge in [0.1, 0.15) is 0 Å². The van der Waals surface area contributed by atoms with Gasteiger partial charge in [-0.1, -0.05) is 24.3 Å². The molecule has 0 atom stereocenters. The third-order valence-electron chi connectivity index (χ3n) is 4.38. The van der Waals surface area contributed by atoms with Gasteiger partial charge in [-0.25, -0.2) is 4.79 Å². The predicted octanol–water partition coefficient (Wildman–Crippen LogP) is 2.89. The minimum atomic E-state index is -0.0422. The Kier molecular flexibility index (Phi) is 6.06. The first kappa shape index (κ1) is 17.5. The minimum Gasteiger partial charge on any atom is -0.349 e. The molecule has 1 aliphatic rings. The summed E-state index contributed by atoms with van der Waals surface area (Å²) in [6.45, 7) is 2.00. The number of piperidine rings is 1. The first-order chi connectivity index (χ1) is 12.2. The number of amides is 3. The molecule has 132 valence electrons. The molecule has 1 fully saturated rings. The third kappa shape index (κ3) is 5.06. The number of carbonyl (C=O) groups excluding carboxylic acids is 2. The lowest BCUT2D eigenvalue weighted by Crippen LogP contribution is -2.49. The molecule has 2 N–H and O–H groups in total. The van der Waals surface area contributed by atoms with E-state index in [2.05, 4.69) is 16.7 Å². The lowest BCUT2D eigenvalue weighted by Gasteiger charge is -2.32. The van der Waals surface area contributed by atoms with Crippen LogP contribution in [0.15, 0.2) is 47.8 Å². The van der Waals surface area contributed by atoms with Crippen LogP contribution in [0.3, 0.4) is 0 Å². The Morgan fingerprint density at radius 2 is 1.84 bits per heavy atom. The van der Waals surface area contributed by atoms with Crippen LogP contribution in [0, 0.1) is 0 Å². The van der Waals surface area contributed by atoms with Crippen molar-refractivity contribution in [2.45, 2.75) is 25.3 Å². The number of carbonyl (C=O) groups is 2. The highest BCUT2D eigenvalue weighted by Crippen LogP contribution is 2.12. The second-order valence-corrected chi connectivity index (χ2v) is 7.19. The van der Waals surface area contributed by atoms with Gasteiger partial charge >= 0.3 is 6.03 Å². The van der Waals surface area contributed by atoms with E-state index >= 15 is 0 Å². The van der Waals surface area contributed by atoms with Crippen molar-refractivity contribution in [3.05, 3.63) is 58.3 Å². The molecule has 25 heavy (non-hydrogen) atoms. The fourth-order valence-electron chi connectivity index (χ4n) is 2.94. The molecule has 0 radical (unpaired) electrons. The first-order valence-electron chi connectivity index (χ1n) is 8.63. The quantitative estimate of drug-likeness (QED) is 0.864. The number of likely N-dealkylation sites (tertiary alicyclic amines) is 1. The van der Waals surface area contributed by atoms with Gasteiger partial charge in [0, 0.05) is 36.1 Å². The highest BCUT2D eigenvalue weighted by molar-refractivity contribution is 7.09. The lowest BCUT2D eigenvalue weighted by atomic mass is 10.0. The molecule has 0 aliphatic carbocycles. The van der Waals surface area contributed by atoms with Crippen LogP contribution in [0.1, 0.15) is 28.1 Å². The van der Waals surface area contributed by atoms with E-state index in [0.717, 1.165) is 19.3 Å². The van der Waals surface area contributed by atoms with E-state index in [0.29, 0.717) is 25.2 Å². The second-order valence-electron chi connectivity index (χ2n) is 6.16. The number of hydrogen-bond donors (Lipinski definition) is 2. The fraction of sp³-hybridized carbons (Fsp3) is 0.368. The number of rotatable bonds is 5. The van der Waals surface area contributed by atoms with Crippen LogP contribution >= 0.6 is 11.3 Å². The van der Waals surface area contributed by atoms with Crippen LogP contribution < -0.4 is 10.6 Å². The normalized spacial score (nSPS) is 15.0. The van der Waals surface area contributed by atoms with E-state index in [1.54, 1.807) is 11.3 Å². The van der Waals surface area contributed by atoms with E-state index in [4.69, 9.17) is 0 Å². The number of benzene rings is 1. The SMILES string of the molecule is O=C(NC1CCN(C(=O)NCCc2cccs2)CC1)c1ccccc1. The van der Waals surface area contributed by atoms with Crippen LogP contribution in [0.2, 0.25) is 0 Å². The van der Waals surface area contributed by atoms with E-state index < -0.39 is 0 Å². The molecule has 1 saturated heterocycles. The largest absolute Gasteiger partial charge is 0.349 e. The zero-order valence-electron chi connectivity index (χ0n) is 14.1. The van der Waals surface area contributed by atoms with Crippen LogP contribution in [0.4, 0.5) is 4.79 Å². The summed E-state index contributed by atoms with van der Waals surface area (Å²) in [6, 6.07) is 13.5. The van der Waals surface area contributed by atoms with Crippen molar-refractivity contribution < 1.29 is 9.59 Å². The molecule has 0 saturated carbocycles. The topological polar surface area (TPSA) is 61.4 Å². The van der Waals surface area contributed by atoms with Crippen molar-refractivity contribution in [2.75, 3.05) is 19.6 Å². The molecular weight excluding hydrogens is 334 g/mol. The Balaban J connectivity index is 1.37. The van der Waals surface area contributed by atoms with Crippen molar-refractivity contribution in [3.8, 4) is 0 Å². The predicted molar refractivity (Wildman–Crippen MR) is 99.9 cm³/mol. The summed E-state index contributed by atoms with van der Waals surface area (Å²) >= 11 is 1.71. The Hall–Kier alpha value is -2.34. The van der Waals surface area contributed by atoms with E-state index in [9.17, 15) is 9.59 Å². The fourth-order valence-corrected chi connectivity index (χ4v) is 3.65. The number of hydrogen-bond acceptors (Lipinski definition) is 3. The summed E-state index contributed by atoms with van der Waals surface area (Å²) in [6.07, 6.45) is 2.45. The maximum absolute atomic E-state index is 12.2. The number of urea groups is 1. The minimum absolute atomic E-state index is 0.00982. The van der Waals surface area contributed by atoms with Crippen LogP contribution in [-0.4, -0.2) is 42.5 Å². The standard InChI is InChI=1S/C19H23N3O2S/c23-18(15-5-2-1-3-6-15)21-16-9-12-22(13-10-16)19(24)20-11-8-17-7-4-14-25-17/h1-7,14,16H,8-13H2,(H,20,24)(H,21,23). The third-order valence-corrected chi connectivity index (χ3v) is 5.32. The van der Waals surface area contributed by atoms with Gasteiger partial charge in [-0.2, -0.15) is 0 Å². The Bertz CT molecular complexity index is 680. The molecule has 0 unspecified atom stereocenters. The van der Waals surface area contributed by atoms with Gasteiger partial charge in [-0.15, -0.1) is 11.3 Å². The highest BCUT2D eigenvalue weighted by Gasteiger charge is 2.23. The van der Waals surface area contributed by atoms with Crippen molar-refractivity contribution in [3.63, 3.8) is 0 Å². The van der Waals surface area contributed by atoms with Crippen LogP contribution in [0.5, 0.6) is 0 Å². The molecule has 0 bridgehead atoms. The summed E-state index contributed by atoms with van der Waals surface area (Å²) in [5.41, 5.74) is 0.677. The van der Waals surface area contributed by atoms with Gasteiger partial charge < -0.3 is 15.5 Å². The van der Waals surface area contributed by atoms with Crippen LogP contribution in [-0.2, 0) is 6.42 Å². The van der Waals surface area contributed by atoms with Gasteiger partial charge in [0.15, 0.2) is 0 Å². The van der Waals surface area contributed by atoms with Gasteiger partial charge in [0.2, 0.25) is 0 Å². The van der Waals surface area contributed by atoms with Crippen molar-refractivity contribution >= 4 is 23.3 Å². The number of nitrogens with zero attached hydrogens (tertiary/aromatic N) is 1. The number of nitrogens with one attached hydrogen (secondary N) is 2. The summed E-state index contributed by atoms with van der Waals surface area (Å²) in [4.78, 5) is 27.5. The van der Waals surface area contributed by atoms with E-state index in [1.165, 1.54) is 4.88 Å². The van der Waals surface area contributed by atoms with Crippen molar-refractivity contribution in [1.82, 2.24) is 15.5 Å². The average molecular weight is 357 g/mol. The van der Waals surface area contributed by atoms with Crippen LogP contribution in [0.25, 0.3) is 0 Å². The maximum atomic E-state index is 12.2. The molecule has 3 amide bonds. The zero-order valence-corrected chi connectivity index (χ0v) is 14.9. The lowest BCUT2D eigenvalue weighted by molar-refractivity contribution is 0.0918. The maximum Gasteiger partial charge on any atom is 0.317 e. The highest BCUT2D eigenvalue weighted by atomic mass is 32.1. The van der Waals surface area contributed by atoms with Gasteiger partial charge in [0.05, 0.1) is 0 Å². The molecule has 6 heteroatoms. The molecule has 1 aromatic heterocycles. The molecule has 5 nitrogen and oxygen atoms in total. The molecule has 1 aliphatic heterocycles. The number of thiophene rings is 1. The molecule has 0 spiro atoms. The zero-order chi connectivity index (χ0) is 17.5. The Morgan fingerprint density at radius 3 is 2.52 bits per heavy atom. The van der Waals surface area contributed by atoms with E-state index in [1.807, 2.05) is 46.7 Å². The molecule has 2 heterocycles. The summed E-state index contributed by atoms with van der Waals surface area (Å²) < 4.78 is 0. The van der Waals surface area contributed by atoms with Crippen molar-refractivity contribution in [2.24, 2.45) is 0 Å². The van der Waals surface area contributed by atoms with Gasteiger partial charge in [0.25, 0.3) is 5.91 Å². The first-order valence-corrected chi connectivity index (χ1v) is 9.51. The Morgan fingerprint density at radius 1 is 1.08 bits per heavy atom. The molecular formula is C19H23N3O2S. The summed E-state index contributed by atoms with van der Waals surface area (Å²) in [7, 11) is 0.